The summed E-state index contributed by atoms with van der Waals surface area (Å²) in [5.74, 6) is -1.05. The number of rotatable bonds is 3. The summed E-state index contributed by atoms with van der Waals surface area (Å²) in [7, 11) is 0. The van der Waals surface area contributed by atoms with E-state index in [1.165, 1.54) is 12.3 Å². The molecule has 0 saturated carbocycles. The third-order valence-electron chi connectivity index (χ3n) is 4.47. The van der Waals surface area contributed by atoms with Crippen LogP contribution in [0.3, 0.4) is 0 Å². The number of nitrogen functional groups attached to an aromatic ring is 1. The molecule has 0 bridgehead atoms. The van der Waals surface area contributed by atoms with Gasteiger partial charge in [-0.25, -0.2) is 4.79 Å². The highest BCUT2D eigenvalue weighted by Gasteiger charge is 2.48. The van der Waals surface area contributed by atoms with Crippen molar-refractivity contribution in [3.05, 3.63) is 22.7 Å². The van der Waals surface area contributed by atoms with Crippen LogP contribution in [0.15, 0.2) is 17.1 Å². The Balaban J connectivity index is 1.73. The van der Waals surface area contributed by atoms with E-state index in [9.17, 15) is 24.6 Å². The molecule has 142 valence electrons. The Morgan fingerprint density at radius 3 is 2.85 bits per heavy atom. The van der Waals surface area contributed by atoms with Gasteiger partial charge in [0.1, 0.15) is 24.1 Å². The lowest BCUT2D eigenvalue weighted by molar-refractivity contribution is -0.140. The zero-order valence-electron chi connectivity index (χ0n) is 13.9. The Kier molecular flexibility index (Phi) is 5.20. The van der Waals surface area contributed by atoms with E-state index in [2.05, 4.69) is 15.6 Å². The van der Waals surface area contributed by atoms with Gasteiger partial charge in [-0.15, -0.1) is 0 Å². The number of carbonyl (C=O) groups excluding carboxylic acids is 2. The molecule has 2 fully saturated rings. The van der Waals surface area contributed by atoms with E-state index in [4.69, 9.17) is 10.5 Å². The van der Waals surface area contributed by atoms with Gasteiger partial charge in [0.25, 0.3) is 5.91 Å². The first-order valence-electron chi connectivity index (χ1n) is 8.33. The van der Waals surface area contributed by atoms with Crippen LogP contribution in [0, 0.1) is 0 Å². The Morgan fingerprint density at radius 1 is 1.35 bits per heavy atom. The Hall–Kier alpha value is -2.50. The maximum atomic E-state index is 12.4. The number of anilines is 1. The maximum Gasteiger partial charge on any atom is 0.351 e. The van der Waals surface area contributed by atoms with Crippen LogP contribution in [0.2, 0.25) is 0 Å². The Bertz CT molecular complexity index is 752. The van der Waals surface area contributed by atoms with Gasteiger partial charge in [-0.3, -0.25) is 14.2 Å². The molecule has 2 aliphatic heterocycles. The minimum Gasteiger partial charge on any atom is -0.387 e. The fourth-order valence-corrected chi connectivity index (χ4v) is 3.06. The van der Waals surface area contributed by atoms with Crippen molar-refractivity contribution in [1.29, 1.82) is 0 Å². The number of nitrogens with two attached hydrogens (primary N) is 1. The second-order valence-electron chi connectivity index (χ2n) is 6.32. The second-order valence-corrected chi connectivity index (χ2v) is 6.32. The molecule has 3 rings (SSSR count). The smallest absolute Gasteiger partial charge is 0.351 e. The van der Waals surface area contributed by atoms with Crippen molar-refractivity contribution in [2.45, 2.75) is 49.8 Å². The van der Waals surface area contributed by atoms with Crippen molar-refractivity contribution in [3.8, 4) is 0 Å². The van der Waals surface area contributed by atoms with Crippen LogP contribution in [0.5, 0.6) is 0 Å². The quantitative estimate of drug-likeness (QED) is 0.382. The number of nitrogens with one attached hydrogen (secondary N) is 2. The van der Waals surface area contributed by atoms with Gasteiger partial charge in [0.2, 0.25) is 5.91 Å². The number of ether oxygens (including phenoxy) is 1. The van der Waals surface area contributed by atoms with Crippen LogP contribution < -0.4 is 22.1 Å². The number of aliphatic hydroxyl groups is 2. The van der Waals surface area contributed by atoms with Gasteiger partial charge in [0, 0.05) is 12.7 Å². The van der Waals surface area contributed by atoms with E-state index >= 15 is 0 Å². The first-order chi connectivity index (χ1) is 12.4. The van der Waals surface area contributed by atoms with E-state index in [1.807, 2.05) is 0 Å². The average molecular weight is 367 g/mol. The summed E-state index contributed by atoms with van der Waals surface area (Å²) in [6.45, 7) is 0.543. The summed E-state index contributed by atoms with van der Waals surface area (Å²) < 4.78 is 6.34. The van der Waals surface area contributed by atoms with Gasteiger partial charge in [0.05, 0.1) is 0 Å². The minimum absolute atomic E-state index is 0.00652. The molecule has 11 nitrogen and oxygen atoms in total. The van der Waals surface area contributed by atoms with Gasteiger partial charge in [0.15, 0.2) is 12.3 Å². The van der Waals surface area contributed by atoms with Crippen LogP contribution >= 0.6 is 0 Å². The normalized spacial score (nSPS) is 31.9. The van der Waals surface area contributed by atoms with Crippen molar-refractivity contribution in [1.82, 2.24) is 20.2 Å². The van der Waals surface area contributed by atoms with E-state index < -0.39 is 42.2 Å². The van der Waals surface area contributed by atoms with Crippen molar-refractivity contribution in [2.24, 2.45) is 0 Å². The van der Waals surface area contributed by atoms with Crippen LogP contribution in [-0.4, -0.2) is 62.5 Å². The molecule has 0 aliphatic carbocycles. The molecule has 0 spiro atoms. The molecule has 0 unspecified atom stereocenters. The molecule has 11 heteroatoms. The first-order valence-corrected chi connectivity index (χ1v) is 8.33. The predicted octanol–water partition coefficient (Wildman–Crippen LogP) is -2.77. The topological polar surface area (TPSA) is 169 Å². The highest BCUT2D eigenvalue weighted by Crippen LogP contribution is 2.28. The average Bonchev–Trinajstić information content (AvgIpc) is 2.76. The lowest BCUT2D eigenvalue weighted by Gasteiger charge is -2.19. The van der Waals surface area contributed by atoms with Crippen molar-refractivity contribution >= 4 is 17.6 Å². The summed E-state index contributed by atoms with van der Waals surface area (Å²) >= 11 is 0. The molecule has 2 saturated heterocycles. The monoisotopic (exact) mass is 367 g/mol. The van der Waals surface area contributed by atoms with E-state index in [0.717, 1.165) is 17.4 Å². The lowest BCUT2D eigenvalue weighted by Crippen LogP contribution is -2.51. The lowest BCUT2D eigenvalue weighted by atomic mass is 10.1. The SMILES string of the molecule is Nc1ccn([C@@H]2O[C@H](C(=O)N[C@H]3CCCCNC3=O)[C@@H](O)[C@H]2O)c(=O)n1. The van der Waals surface area contributed by atoms with Gasteiger partial charge >= 0.3 is 5.69 Å². The number of amides is 2. The number of hydrogen-bond acceptors (Lipinski definition) is 8. The minimum atomic E-state index is -1.57. The van der Waals surface area contributed by atoms with Crippen molar-refractivity contribution < 1.29 is 24.5 Å². The summed E-state index contributed by atoms with van der Waals surface area (Å²) in [5.41, 5.74) is 4.63. The molecule has 6 N–H and O–H groups in total. The van der Waals surface area contributed by atoms with Gasteiger partial charge in [-0.2, -0.15) is 4.98 Å². The third kappa shape index (κ3) is 3.54. The summed E-state index contributed by atoms with van der Waals surface area (Å²) in [5, 5.41) is 25.5. The highest BCUT2D eigenvalue weighted by atomic mass is 16.6. The summed E-state index contributed by atoms with van der Waals surface area (Å²) in [6.07, 6.45) is -2.54. The fraction of sp³-hybridized carbons (Fsp3) is 0.600. The first kappa shape index (κ1) is 18.3. The molecule has 26 heavy (non-hydrogen) atoms. The zero-order valence-corrected chi connectivity index (χ0v) is 13.9. The summed E-state index contributed by atoms with van der Waals surface area (Å²) in [6, 6.07) is 0.588. The van der Waals surface area contributed by atoms with E-state index in [-0.39, 0.29) is 11.7 Å². The van der Waals surface area contributed by atoms with Gasteiger partial charge in [-0.1, -0.05) is 0 Å². The number of aromatic nitrogens is 2. The number of carbonyl (C=O) groups is 2. The van der Waals surface area contributed by atoms with E-state index in [0.29, 0.717) is 13.0 Å². The number of hydrogen-bond donors (Lipinski definition) is 5. The molecule has 3 heterocycles. The largest absolute Gasteiger partial charge is 0.387 e. The van der Waals surface area contributed by atoms with E-state index in [1.54, 1.807) is 0 Å². The Labute approximate surface area is 148 Å². The van der Waals surface area contributed by atoms with Crippen molar-refractivity contribution in [2.75, 3.05) is 12.3 Å². The van der Waals surface area contributed by atoms with Crippen LogP contribution in [-0.2, 0) is 14.3 Å². The molecule has 2 aliphatic rings. The molecule has 0 radical (unpaired) electrons. The molecule has 1 aromatic rings. The van der Waals surface area contributed by atoms with Gasteiger partial charge < -0.3 is 31.3 Å². The second kappa shape index (κ2) is 7.40. The predicted molar refractivity (Wildman–Crippen MR) is 87.6 cm³/mol. The van der Waals surface area contributed by atoms with Crippen LogP contribution in [0.25, 0.3) is 0 Å². The van der Waals surface area contributed by atoms with Crippen molar-refractivity contribution in [3.63, 3.8) is 0 Å². The highest BCUT2D eigenvalue weighted by molar-refractivity contribution is 5.89. The van der Waals surface area contributed by atoms with Crippen LogP contribution in [0.1, 0.15) is 25.5 Å². The molecular weight excluding hydrogens is 346 g/mol. The van der Waals surface area contributed by atoms with Gasteiger partial charge in [-0.05, 0) is 25.3 Å². The number of aliphatic hydroxyl groups excluding tert-OH is 2. The molecule has 5 atom stereocenters. The Morgan fingerprint density at radius 2 is 2.12 bits per heavy atom. The molecule has 2 amide bonds. The van der Waals surface area contributed by atoms with Crippen LogP contribution in [0.4, 0.5) is 5.82 Å². The molecular formula is C15H21N5O6. The zero-order chi connectivity index (χ0) is 18.8. The maximum absolute atomic E-state index is 12.4. The molecule has 0 aromatic carbocycles. The fourth-order valence-electron chi connectivity index (χ4n) is 3.06. The number of nitrogens with zero attached hydrogens (tertiary/aromatic N) is 2. The standard InChI is InChI=1S/C15H21N5O6/c16-8-4-6-20(15(25)19-8)14-10(22)9(21)11(26-14)13(24)18-7-3-1-2-5-17-12(7)23/h4,6-7,9-11,14,21-22H,1-3,5H2,(H,17,23)(H,18,24)(H2,16,19,25)/t7-,9-,10+,11-,14+/m0/s1. The third-order valence-corrected chi connectivity index (χ3v) is 4.47. The molecule has 1 aromatic heterocycles. The summed E-state index contributed by atoms with van der Waals surface area (Å²) in [4.78, 5) is 39.8.